The topological polar surface area (TPSA) is 66.5 Å². The van der Waals surface area contributed by atoms with Gasteiger partial charge in [0.15, 0.2) is 0 Å². The Balaban J connectivity index is 1.30. The molecule has 3 amide bonds. The number of hydrogen-bond donors (Lipinski definition) is 1. The summed E-state index contributed by atoms with van der Waals surface area (Å²) >= 11 is 1.39. The number of carbonyl (C=O) groups is 3. The molecule has 1 heterocycles. The Morgan fingerprint density at radius 2 is 1.33 bits per heavy atom. The first-order valence-corrected chi connectivity index (χ1v) is 10.8. The highest BCUT2D eigenvalue weighted by molar-refractivity contribution is 7.99. The first kappa shape index (κ1) is 19.9. The molecule has 0 saturated carbocycles. The highest BCUT2D eigenvalue weighted by Crippen LogP contribution is 2.27. The minimum Gasteiger partial charge on any atom is -0.325 e. The van der Waals surface area contributed by atoms with Crippen LogP contribution in [0.2, 0.25) is 0 Å². The van der Waals surface area contributed by atoms with Crippen molar-refractivity contribution in [2.24, 2.45) is 0 Å². The van der Waals surface area contributed by atoms with Crippen LogP contribution >= 0.6 is 11.8 Å². The summed E-state index contributed by atoms with van der Waals surface area (Å²) in [5.74, 6) is 0.0894. The van der Waals surface area contributed by atoms with Gasteiger partial charge in [0.05, 0.1) is 16.9 Å². The maximum Gasteiger partial charge on any atom is 0.261 e. The van der Waals surface area contributed by atoms with Gasteiger partial charge in [0.1, 0.15) is 0 Å². The summed E-state index contributed by atoms with van der Waals surface area (Å²) in [6.45, 7) is 0.283. The molecule has 5 nitrogen and oxygen atoms in total. The first-order valence-electron chi connectivity index (χ1n) is 9.62. The number of para-hydroxylation sites is 1. The lowest BCUT2D eigenvalue weighted by Gasteiger charge is -2.14. The number of amides is 3. The molecule has 0 spiro atoms. The third-order valence-corrected chi connectivity index (χ3v) is 5.79. The third kappa shape index (κ3) is 4.14. The second-order valence-electron chi connectivity index (χ2n) is 6.82. The number of hydrogen-bond acceptors (Lipinski definition) is 4. The van der Waals surface area contributed by atoms with E-state index in [-0.39, 0.29) is 30.0 Å². The Morgan fingerprint density at radius 1 is 0.767 bits per heavy atom. The summed E-state index contributed by atoms with van der Waals surface area (Å²) in [4.78, 5) is 38.4. The zero-order valence-electron chi connectivity index (χ0n) is 16.2. The minimum atomic E-state index is -0.266. The number of rotatable bonds is 7. The van der Waals surface area contributed by atoms with Crippen molar-refractivity contribution < 1.29 is 14.4 Å². The van der Waals surface area contributed by atoms with E-state index in [1.54, 1.807) is 24.3 Å². The molecule has 6 heteroatoms. The summed E-state index contributed by atoms with van der Waals surface area (Å²) in [5, 5.41) is 2.96. The molecule has 0 saturated heterocycles. The summed E-state index contributed by atoms with van der Waals surface area (Å²) in [7, 11) is 0. The predicted octanol–water partition coefficient (Wildman–Crippen LogP) is 4.32. The van der Waals surface area contributed by atoms with Gasteiger partial charge in [0.2, 0.25) is 5.91 Å². The smallest absolute Gasteiger partial charge is 0.261 e. The summed E-state index contributed by atoms with van der Waals surface area (Å²) < 4.78 is 0. The molecule has 0 fully saturated rings. The van der Waals surface area contributed by atoms with Gasteiger partial charge in [0, 0.05) is 23.5 Å². The highest BCUT2D eigenvalue weighted by Gasteiger charge is 2.34. The molecule has 1 aliphatic rings. The van der Waals surface area contributed by atoms with E-state index in [2.05, 4.69) is 5.32 Å². The van der Waals surface area contributed by atoms with E-state index in [1.807, 2.05) is 54.6 Å². The Hall–Kier alpha value is -3.38. The molecule has 30 heavy (non-hydrogen) atoms. The van der Waals surface area contributed by atoms with Gasteiger partial charge in [0.25, 0.3) is 11.8 Å². The molecule has 0 bridgehead atoms. The number of fused-ring (bicyclic) bond motifs is 1. The van der Waals surface area contributed by atoms with Gasteiger partial charge in [-0.1, -0.05) is 60.7 Å². The Morgan fingerprint density at radius 3 is 2.00 bits per heavy atom. The lowest BCUT2D eigenvalue weighted by Crippen LogP contribution is -2.32. The van der Waals surface area contributed by atoms with Crippen LogP contribution in [0.1, 0.15) is 20.7 Å². The molecule has 1 aliphatic heterocycles. The van der Waals surface area contributed by atoms with Gasteiger partial charge >= 0.3 is 0 Å². The van der Waals surface area contributed by atoms with Crippen LogP contribution in [-0.2, 0) is 4.79 Å². The van der Waals surface area contributed by atoms with Crippen molar-refractivity contribution in [1.29, 1.82) is 0 Å². The average Bonchev–Trinajstić information content (AvgIpc) is 3.02. The van der Waals surface area contributed by atoms with E-state index in [9.17, 15) is 14.4 Å². The number of nitrogens with one attached hydrogen (secondary N) is 1. The molecule has 4 rings (SSSR count). The van der Waals surface area contributed by atoms with Crippen molar-refractivity contribution in [3.8, 4) is 11.1 Å². The van der Waals surface area contributed by atoms with Crippen LogP contribution in [0.5, 0.6) is 0 Å². The molecule has 150 valence electrons. The number of anilines is 1. The van der Waals surface area contributed by atoms with Crippen molar-refractivity contribution >= 4 is 35.2 Å². The largest absolute Gasteiger partial charge is 0.325 e. The van der Waals surface area contributed by atoms with Gasteiger partial charge in [-0.15, -0.1) is 0 Å². The van der Waals surface area contributed by atoms with E-state index < -0.39 is 0 Å². The van der Waals surface area contributed by atoms with E-state index in [0.717, 1.165) is 16.8 Å². The lowest BCUT2D eigenvalue weighted by molar-refractivity contribution is -0.113. The zero-order chi connectivity index (χ0) is 20.9. The third-order valence-electron chi connectivity index (χ3n) is 4.86. The molecule has 3 aromatic carbocycles. The fraction of sp³-hybridized carbons (Fsp3) is 0.125. The number of carbonyl (C=O) groups excluding carboxylic acids is 3. The van der Waals surface area contributed by atoms with Crippen molar-refractivity contribution in [2.75, 3.05) is 23.4 Å². The van der Waals surface area contributed by atoms with Gasteiger partial charge in [-0.3, -0.25) is 19.3 Å². The van der Waals surface area contributed by atoms with Crippen LogP contribution in [-0.4, -0.2) is 40.7 Å². The van der Waals surface area contributed by atoms with Crippen LogP contribution < -0.4 is 5.32 Å². The fourth-order valence-corrected chi connectivity index (χ4v) is 4.12. The molecule has 1 N–H and O–H groups in total. The maximum absolute atomic E-state index is 12.4. The maximum atomic E-state index is 12.4. The Kier molecular flexibility index (Phi) is 5.95. The van der Waals surface area contributed by atoms with Crippen LogP contribution in [0.3, 0.4) is 0 Å². The monoisotopic (exact) mass is 416 g/mol. The molecular weight excluding hydrogens is 396 g/mol. The first-order chi connectivity index (χ1) is 14.6. The van der Waals surface area contributed by atoms with Crippen LogP contribution in [0.15, 0.2) is 78.9 Å². The molecular formula is C24H20N2O3S. The zero-order valence-corrected chi connectivity index (χ0v) is 17.0. The second-order valence-corrected chi connectivity index (χ2v) is 7.93. The fourth-order valence-electron chi connectivity index (χ4n) is 3.41. The van der Waals surface area contributed by atoms with E-state index in [0.29, 0.717) is 16.9 Å². The lowest BCUT2D eigenvalue weighted by atomic mass is 10.0. The summed E-state index contributed by atoms with van der Waals surface area (Å²) in [5.41, 5.74) is 3.65. The van der Waals surface area contributed by atoms with Crippen molar-refractivity contribution in [1.82, 2.24) is 4.90 Å². The summed E-state index contributed by atoms with van der Waals surface area (Å²) in [6, 6.07) is 24.4. The van der Waals surface area contributed by atoms with E-state index >= 15 is 0 Å². The van der Waals surface area contributed by atoms with Crippen molar-refractivity contribution in [3.05, 3.63) is 90.0 Å². The highest BCUT2D eigenvalue weighted by atomic mass is 32.2. The van der Waals surface area contributed by atoms with Crippen LogP contribution in [0.4, 0.5) is 5.69 Å². The molecule has 0 atom stereocenters. The molecule has 0 unspecified atom stereocenters. The Labute approximate surface area is 179 Å². The number of imide groups is 1. The predicted molar refractivity (Wildman–Crippen MR) is 120 cm³/mol. The van der Waals surface area contributed by atoms with Gasteiger partial charge in [-0.2, -0.15) is 11.8 Å². The number of thioether (sulfide) groups is 1. The standard InChI is InChI=1S/C24H20N2O3S/c27-22(25-21-13-7-6-10-18(21)17-8-2-1-3-9-17)16-30-15-14-26-23(28)19-11-4-5-12-20(19)24(26)29/h1-13H,14-16H2,(H,25,27). The van der Waals surface area contributed by atoms with Gasteiger partial charge in [-0.05, 0) is 23.8 Å². The molecule has 0 aliphatic carbocycles. The minimum absolute atomic E-state index is 0.120. The second kappa shape index (κ2) is 8.97. The van der Waals surface area contributed by atoms with Crippen molar-refractivity contribution in [2.45, 2.75) is 0 Å². The van der Waals surface area contributed by atoms with Crippen LogP contribution in [0, 0.1) is 0 Å². The summed E-state index contributed by atoms with van der Waals surface area (Å²) in [6.07, 6.45) is 0. The number of benzene rings is 3. The number of nitrogens with zero attached hydrogens (tertiary/aromatic N) is 1. The van der Waals surface area contributed by atoms with Crippen molar-refractivity contribution in [3.63, 3.8) is 0 Å². The SMILES string of the molecule is O=C(CSCCN1C(=O)c2ccccc2C1=O)Nc1ccccc1-c1ccccc1. The molecule has 3 aromatic rings. The van der Waals surface area contributed by atoms with E-state index in [1.165, 1.54) is 16.7 Å². The normalized spacial score (nSPS) is 12.7. The van der Waals surface area contributed by atoms with Crippen LogP contribution in [0.25, 0.3) is 11.1 Å². The average molecular weight is 417 g/mol. The van der Waals surface area contributed by atoms with Gasteiger partial charge < -0.3 is 5.32 Å². The molecule has 0 aromatic heterocycles. The van der Waals surface area contributed by atoms with E-state index in [4.69, 9.17) is 0 Å². The quantitative estimate of drug-likeness (QED) is 0.460. The Bertz CT molecular complexity index is 1060. The van der Waals surface area contributed by atoms with Gasteiger partial charge in [-0.25, -0.2) is 0 Å². The molecule has 0 radical (unpaired) electrons.